The summed E-state index contributed by atoms with van der Waals surface area (Å²) in [4.78, 5) is 8.53. The van der Waals surface area contributed by atoms with Gasteiger partial charge in [0, 0.05) is 35.4 Å². The number of aliphatic imine (C=N–C) groups is 1. The Morgan fingerprint density at radius 3 is 2.81 bits per heavy atom. The summed E-state index contributed by atoms with van der Waals surface area (Å²) in [7, 11) is 0. The van der Waals surface area contributed by atoms with E-state index in [2.05, 4.69) is 20.2 Å². The summed E-state index contributed by atoms with van der Waals surface area (Å²) in [6, 6.07) is 5.86. The van der Waals surface area contributed by atoms with Crippen molar-refractivity contribution in [2.24, 2.45) is 4.99 Å². The van der Waals surface area contributed by atoms with Crippen LogP contribution in [0.4, 0.5) is 0 Å². The van der Waals surface area contributed by atoms with Crippen LogP contribution in [0.15, 0.2) is 47.5 Å². The van der Waals surface area contributed by atoms with E-state index in [1.54, 1.807) is 6.20 Å². The van der Waals surface area contributed by atoms with E-state index in [-0.39, 0.29) is 0 Å². The SMILES string of the molecule is CC1=C(c2cc[nH]n2)C(c2cccnc2)=N1. The summed E-state index contributed by atoms with van der Waals surface area (Å²) < 4.78 is 0. The summed E-state index contributed by atoms with van der Waals surface area (Å²) in [6.45, 7) is 1.99. The molecule has 0 amide bonds. The van der Waals surface area contributed by atoms with Crippen molar-refractivity contribution in [3.05, 3.63) is 53.7 Å². The van der Waals surface area contributed by atoms with Gasteiger partial charge < -0.3 is 0 Å². The molecule has 3 rings (SSSR count). The molecule has 78 valence electrons. The van der Waals surface area contributed by atoms with Gasteiger partial charge in [-0.25, -0.2) is 0 Å². The lowest BCUT2D eigenvalue weighted by molar-refractivity contribution is 1.07. The van der Waals surface area contributed by atoms with Gasteiger partial charge in [0.15, 0.2) is 0 Å². The highest BCUT2D eigenvalue weighted by Gasteiger charge is 2.23. The topological polar surface area (TPSA) is 53.9 Å². The van der Waals surface area contributed by atoms with Crippen molar-refractivity contribution in [1.82, 2.24) is 15.2 Å². The minimum absolute atomic E-state index is 0.936. The van der Waals surface area contributed by atoms with E-state index in [0.717, 1.165) is 28.2 Å². The van der Waals surface area contributed by atoms with Crippen LogP contribution in [0.25, 0.3) is 5.57 Å². The van der Waals surface area contributed by atoms with E-state index in [1.807, 2.05) is 37.5 Å². The van der Waals surface area contributed by atoms with Crippen molar-refractivity contribution in [2.45, 2.75) is 6.92 Å². The zero-order chi connectivity index (χ0) is 11.0. The predicted octanol–water partition coefficient (Wildman–Crippen LogP) is 2.04. The molecule has 2 aromatic rings. The van der Waals surface area contributed by atoms with Gasteiger partial charge in [0.2, 0.25) is 0 Å². The molecule has 1 aliphatic rings. The number of H-pyrrole nitrogens is 1. The average Bonchev–Trinajstić information content (AvgIpc) is 2.80. The van der Waals surface area contributed by atoms with E-state index in [0.29, 0.717) is 0 Å². The molecule has 0 saturated heterocycles. The van der Waals surface area contributed by atoms with Crippen LogP contribution in [0.1, 0.15) is 18.2 Å². The highest BCUT2D eigenvalue weighted by Crippen LogP contribution is 2.30. The molecule has 0 bridgehead atoms. The number of rotatable bonds is 2. The van der Waals surface area contributed by atoms with E-state index in [4.69, 9.17) is 0 Å². The lowest BCUT2D eigenvalue weighted by Gasteiger charge is -2.19. The van der Waals surface area contributed by atoms with Crippen molar-refractivity contribution in [1.29, 1.82) is 0 Å². The Morgan fingerprint density at radius 2 is 2.19 bits per heavy atom. The molecule has 0 atom stereocenters. The summed E-state index contributed by atoms with van der Waals surface area (Å²) >= 11 is 0. The van der Waals surface area contributed by atoms with Crippen LogP contribution in [0.5, 0.6) is 0 Å². The smallest absolute Gasteiger partial charge is 0.0960 e. The summed E-state index contributed by atoms with van der Waals surface area (Å²) in [5.74, 6) is 0. The first-order valence-corrected chi connectivity index (χ1v) is 5.07. The highest BCUT2D eigenvalue weighted by atomic mass is 15.1. The number of pyridine rings is 1. The van der Waals surface area contributed by atoms with Gasteiger partial charge in [-0.2, -0.15) is 5.10 Å². The number of aromatic amines is 1. The van der Waals surface area contributed by atoms with Crippen molar-refractivity contribution >= 4 is 11.3 Å². The maximum atomic E-state index is 4.43. The molecule has 0 saturated carbocycles. The van der Waals surface area contributed by atoms with Crippen molar-refractivity contribution in [2.75, 3.05) is 0 Å². The van der Waals surface area contributed by atoms with Gasteiger partial charge in [0.25, 0.3) is 0 Å². The standard InChI is InChI=1S/C12H10N4/c1-8-11(10-4-6-14-16-10)12(15-8)9-3-2-5-13-7-9/h2-7H,1H3,(H,14,16). The number of allylic oxidation sites excluding steroid dienone is 2. The Bertz CT molecular complexity index is 564. The molecule has 3 heterocycles. The predicted molar refractivity (Wildman–Crippen MR) is 62.0 cm³/mol. The Balaban J connectivity index is 2.00. The second-order valence-corrected chi connectivity index (χ2v) is 3.62. The van der Waals surface area contributed by atoms with Gasteiger partial charge in [-0.05, 0) is 25.1 Å². The average molecular weight is 210 g/mol. The van der Waals surface area contributed by atoms with Gasteiger partial charge in [0.05, 0.1) is 11.4 Å². The van der Waals surface area contributed by atoms with Crippen molar-refractivity contribution in [3.8, 4) is 0 Å². The lowest BCUT2D eigenvalue weighted by Crippen LogP contribution is -2.14. The first-order valence-electron chi connectivity index (χ1n) is 5.07. The monoisotopic (exact) mass is 210 g/mol. The number of nitrogens with zero attached hydrogens (tertiary/aromatic N) is 3. The fourth-order valence-electron chi connectivity index (χ4n) is 1.82. The van der Waals surface area contributed by atoms with E-state index >= 15 is 0 Å². The van der Waals surface area contributed by atoms with Crippen LogP contribution in [-0.2, 0) is 0 Å². The van der Waals surface area contributed by atoms with Crippen LogP contribution in [0.2, 0.25) is 0 Å². The largest absolute Gasteiger partial charge is 0.285 e. The molecule has 16 heavy (non-hydrogen) atoms. The number of hydrogen-bond acceptors (Lipinski definition) is 3. The van der Waals surface area contributed by atoms with E-state index in [1.165, 1.54) is 0 Å². The zero-order valence-electron chi connectivity index (χ0n) is 8.81. The van der Waals surface area contributed by atoms with Crippen LogP contribution < -0.4 is 0 Å². The quantitative estimate of drug-likeness (QED) is 0.824. The van der Waals surface area contributed by atoms with E-state index < -0.39 is 0 Å². The highest BCUT2D eigenvalue weighted by molar-refractivity contribution is 6.36. The van der Waals surface area contributed by atoms with Crippen LogP contribution in [0.3, 0.4) is 0 Å². The van der Waals surface area contributed by atoms with Gasteiger partial charge in [-0.15, -0.1) is 0 Å². The molecule has 0 aliphatic carbocycles. The van der Waals surface area contributed by atoms with Crippen LogP contribution in [-0.4, -0.2) is 20.9 Å². The third-order valence-electron chi connectivity index (χ3n) is 2.57. The zero-order valence-corrected chi connectivity index (χ0v) is 8.81. The molecule has 1 N–H and O–H groups in total. The Morgan fingerprint density at radius 1 is 1.25 bits per heavy atom. The van der Waals surface area contributed by atoms with Gasteiger partial charge in [0.1, 0.15) is 0 Å². The van der Waals surface area contributed by atoms with Crippen LogP contribution in [0, 0.1) is 0 Å². The molecule has 4 nitrogen and oxygen atoms in total. The van der Waals surface area contributed by atoms with Crippen molar-refractivity contribution in [3.63, 3.8) is 0 Å². The second kappa shape index (κ2) is 3.41. The maximum absolute atomic E-state index is 4.43. The molecular weight excluding hydrogens is 200 g/mol. The second-order valence-electron chi connectivity index (χ2n) is 3.62. The minimum Gasteiger partial charge on any atom is -0.285 e. The molecule has 0 fully saturated rings. The van der Waals surface area contributed by atoms with E-state index in [9.17, 15) is 0 Å². The first kappa shape index (κ1) is 9.03. The Labute approximate surface area is 92.8 Å². The number of nitrogens with one attached hydrogen (secondary N) is 1. The summed E-state index contributed by atoms with van der Waals surface area (Å²) in [5.41, 5.74) is 5.07. The molecule has 0 radical (unpaired) electrons. The molecule has 0 spiro atoms. The molecule has 0 unspecified atom stereocenters. The molecule has 4 heteroatoms. The molecule has 0 aromatic carbocycles. The van der Waals surface area contributed by atoms with Crippen LogP contribution >= 0.6 is 0 Å². The summed E-state index contributed by atoms with van der Waals surface area (Å²) in [6.07, 6.45) is 5.39. The molecular formula is C12H10N4. The van der Waals surface area contributed by atoms with Gasteiger partial charge >= 0.3 is 0 Å². The lowest BCUT2D eigenvalue weighted by atomic mass is 9.95. The molecule has 2 aromatic heterocycles. The third kappa shape index (κ3) is 1.27. The number of aromatic nitrogens is 3. The third-order valence-corrected chi connectivity index (χ3v) is 2.57. The fraction of sp³-hybridized carbons (Fsp3) is 0.0833. The minimum atomic E-state index is 0.936. The van der Waals surface area contributed by atoms with Gasteiger partial charge in [-0.1, -0.05) is 0 Å². The Hall–Kier alpha value is -2.23. The first-order chi connectivity index (χ1) is 7.86. The fourth-order valence-corrected chi connectivity index (χ4v) is 1.82. The maximum Gasteiger partial charge on any atom is 0.0960 e. The number of hydrogen-bond donors (Lipinski definition) is 1. The molecule has 1 aliphatic heterocycles. The summed E-state index contributed by atoms with van der Waals surface area (Å²) in [5, 5.41) is 7.00. The van der Waals surface area contributed by atoms with Crippen molar-refractivity contribution < 1.29 is 0 Å². The normalized spacial score (nSPS) is 14.7. The van der Waals surface area contributed by atoms with Gasteiger partial charge in [-0.3, -0.25) is 15.1 Å². The Kier molecular flexibility index (Phi) is 1.93.